The fourth-order valence-corrected chi connectivity index (χ4v) is 2.09. The standard InChI is InChI=1S/C15H25N3O/c1-15(2,3)10-13(16)9-14(19)18(4)11-12-5-7-17-8-6-12/h5-8,13H,9-11,16H2,1-4H3. The number of nitrogens with two attached hydrogens (primary N) is 1. The van der Waals surface area contributed by atoms with Gasteiger partial charge in [0.15, 0.2) is 0 Å². The van der Waals surface area contributed by atoms with E-state index in [-0.39, 0.29) is 17.4 Å². The molecule has 1 aromatic rings. The lowest BCUT2D eigenvalue weighted by molar-refractivity contribution is -0.130. The molecule has 1 amide bonds. The Labute approximate surface area is 116 Å². The van der Waals surface area contributed by atoms with Crippen LogP contribution in [-0.4, -0.2) is 28.9 Å². The van der Waals surface area contributed by atoms with Crippen LogP contribution < -0.4 is 5.73 Å². The summed E-state index contributed by atoms with van der Waals surface area (Å²) in [6.45, 7) is 7.01. The van der Waals surface area contributed by atoms with Crippen molar-refractivity contribution in [3.63, 3.8) is 0 Å². The van der Waals surface area contributed by atoms with Gasteiger partial charge in [0.2, 0.25) is 5.91 Å². The quantitative estimate of drug-likeness (QED) is 0.886. The molecule has 1 aromatic heterocycles. The Balaban J connectivity index is 2.45. The Bertz CT molecular complexity index is 398. The molecule has 1 rings (SSSR count). The van der Waals surface area contributed by atoms with Crippen LogP contribution in [0.2, 0.25) is 0 Å². The minimum absolute atomic E-state index is 0.0765. The van der Waals surface area contributed by atoms with Gasteiger partial charge in [0.25, 0.3) is 0 Å². The van der Waals surface area contributed by atoms with Crippen LogP contribution in [0.5, 0.6) is 0 Å². The van der Waals surface area contributed by atoms with Crippen molar-refractivity contribution in [2.24, 2.45) is 11.1 Å². The summed E-state index contributed by atoms with van der Waals surface area (Å²) >= 11 is 0. The smallest absolute Gasteiger partial charge is 0.224 e. The Morgan fingerprint density at radius 2 is 1.95 bits per heavy atom. The number of carbonyl (C=O) groups is 1. The van der Waals surface area contributed by atoms with E-state index in [0.29, 0.717) is 13.0 Å². The molecule has 19 heavy (non-hydrogen) atoms. The van der Waals surface area contributed by atoms with E-state index in [2.05, 4.69) is 25.8 Å². The highest BCUT2D eigenvalue weighted by atomic mass is 16.2. The highest BCUT2D eigenvalue weighted by molar-refractivity contribution is 5.76. The second-order valence-corrected chi connectivity index (χ2v) is 6.33. The molecule has 1 atom stereocenters. The molecule has 0 radical (unpaired) electrons. The summed E-state index contributed by atoms with van der Waals surface area (Å²) in [5.41, 5.74) is 7.27. The summed E-state index contributed by atoms with van der Waals surface area (Å²) in [5.74, 6) is 0.0913. The van der Waals surface area contributed by atoms with Gasteiger partial charge in [-0.3, -0.25) is 9.78 Å². The second-order valence-electron chi connectivity index (χ2n) is 6.33. The molecule has 1 unspecified atom stereocenters. The van der Waals surface area contributed by atoms with Crippen molar-refractivity contribution in [1.82, 2.24) is 9.88 Å². The third kappa shape index (κ3) is 6.34. The third-order valence-electron chi connectivity index (χ3n) is 2.91. The molecule has 0 aliphatic heterocycles. The normalized spacial score (nSPS) is 13.1. The van der Waals surface area contributed by atoms with Gasteiger partial charge in [-0.2, -0.15) is 0 Å². The number of hydrogen-bond donors (Lipinski definition) is 1. The fraction of sp³-hybridized carbons (Fsp3) is 0.600. The number of aromatic nitrogens is 1. The lowest BCUT2D eigenvalue weighted by Crippen LogP contribution is -2.35. The second kappa shape index (κ2) is 6.66. The summed E-state index contributed by atoms with van der Waals surface area (Å²) in [4.78, 5) is 17.8. The van der Waals surface area contributed by atoms with Gasteiger partial charge in [0.05, 0.1) is 0 Å². The number of carbonyl (C=O) groups excluding carboxylic acids is 1. The maximum Gasteiger partial charge on any atom is 0.224 e. The first-order valence-corrected chi connectivity index (χ1v) is 6.66. The molecule has 0 spiro atoms. The minimum Gasteiger partial charge on any atom is -0.341 e. The van der Waals surface area contributed by atoms with Crippen molar-refractivity contribution in [1.29, 1.82) is 0 Å². The van der Waals surface area contributed by atoms with E-state index in [1.54, 1.807) is 17.3 Å². The molecule has 0 saturated heterocycles. The number of nitrogens with zero attached hydrogens (tertiary/aromatic N) is 2. The van der Waals surface area contributed by atoms with Crippen molar-refractivity contribution in [3.05, 3.63) is 30.1 Å². The molecule has 0 aromatic carbocycles. The van der Waals surface area contributed by atoms with Crippen molar-refractivity contribution >= 4 is 5.91 Å². The fourth-order valence-electron chi connectivity index (χ4n) is 2.09. The van der Waals surface area contributed by atoms with Crippen LogP contribution >= 0.6 is 0 Å². The van der Waals surface area contributed by atoms with Gasteiger partial charge in [-0.05, 0) is 29.5 Å². The van der Waals surface area contributed by atoms with Gasteiger partial charge >= 0.3 is 0 Å². The van der Waals surface area contributed by atoms with Gasteiger partial charge in [-0.15, -0.1) is 0 Å². The minimum atomic E-state index is -0.0765. The predicted octanol–water partition coefficient (Wildman–Crippen LogP) is 2.19. The van der Waals surface area contributed by atoms with Crippen LogP contribution in [0.3, 0.4) is 0 Å². The van der Waals surface area contributed by atoms with Crippen LogP contribution in [0, 0.1) is 5.41 Å². The molecule has 2 N–H and O–H groups in total. The molecular formula is C15H25N3O. The van der Waals surface area contributed by atoms with E-state index in [9.17, 15) is 4.79 Å². The number of amides is 1. The monoisotopic (exact) mass is 263 g/mol. The molecule has 0 aliphatic rings. The average molecular weight is 263 g/mol. The van der Waals surface area contributed by atoms with Gasteiger partial charge in [-0.1, -0.05) is 20.8 Å². The molecular weight excluding hydrogens is 238 g/mol. The van der Waals surface area contributed by atoms with E-state index >= 15 is 0 Å². The van der Waals surface area contributed by atoms with Crippen LogP contribution in [0.25, 0.3) is 0 Å². The first kappa shape index (κ1) is 15.6. The Hall–Kier alpha value is -1.42. The lowest BCUT2D eigenvalue weighted by atomic mass is 9.87. The molecule has 0 saturated carbocycles. The Morgan fingerprint density at radius 3 is 2.47 bits per heavy atom. The van der Waals surface area contributed by atoms with E-state index in [1.807, 2.05) is 19.2 Å². The van der Waals surface area contributed by atoms with Crippen LogP contribution in [0.4, 0.5) is 0 Å². The lowest BCUT2D eigenvalue weighted by Gasteiger charge is -2.25. The van der Waals surface area contributed by atoms with Crippen LogP contribution in [0.15, 0.2) is 24.5 Å². The molecule has 0 aliphatic carbocycles. The van der Waals surface area contributed by atoms with Gasteiger partial charge in [-0.25, -0.2) is 0 Å². The summed E-state index contributed by atoms with van der Waals surface area (Å²) in [5, 5.41) is 0. The molecule has 106 valence electrons. The summed E-state index contributed by atoms with van der Waals surface area (Å²) in [6.07, 6.45) is 4.72. The zero-order chi connectivity index (χ0) is 14.5. The van der Waals surface area contributed by atoms with Gasteiger partial charge < -0.3 is 10.6 Å². The highest BCUT2D eigenvalue weighted by Gasteiger charge is 2.19. The SMILES string of the molecule is CN(Cc1ccncc1)C(=O)CC(N)CC(C)(C)C. The van der Waals surface area contributed by atoms with Crippen molar-refractivity contribution in [3.8, 4) is 0 Å². The van der Waals surface area contributed by atoms with E-state index < -0.39 is 0 Å². The third-order valence-corrected chi connectivity index (χ3v) is 2.91. The molecule has 1 heterocycles. The van der Waals surface area contributed by atoms with E-state index in [4.69, 9.17) is 5.73 Å². The van der Waals surface area contributed by atoms with Crippen LogP contribution in [0.1, 0.15) is 39.2 Å². The van der Waals surface area contributed by atoms with E-state index in [1.165, 1.54) is 0 Å². The number of rotatable bonds is 5. The Kier molecular flexibility index (Phi) is 5.48. The van der Waals surface area contributed by atoms with Gasteiger partial charge in [0, 0.05) is 38.4 Å². The predicted molar refractivity (Wildman–Crippen MR) is 77.4 cm³/mol. The summed E-state index contributed by atoms with van der Waals surface area (Å²) in [7, 11) is 1.81. The first-order chi connectivity index (χ1) is 8.78. The highest BCUT2D eigenvalue weighted by Crippen LogP contribution is 2.21. The van der Waals surface area contributed by atoms with E-state index in [0.717, 1.165) is 12.0 Å². The topological polar surface area (TPSA) is 59.2 Å². The molecule has 0 bridgehead atoms. The van der Waals surface area contributed by atoms with Crippen LogP contribution in [-0.2, 0) is 11.3 Å². The van der Waals surface area contributed by atoms with Crippen molar-refractivity contribution in [2.45, 2.75) is 46.2 Å². The van der Waals surface area contributed by atoms with Gasteiger partial charge in [0.1, 0.15) is 0 Å². The molecule has 4 heteroatoms. The largest absolute Gasteiger partial charge is 0.341 e. The van der Waals surface area contributed by atoms with Crippen molar-refractivity contribution < 1.29 is 4.79 Å². The number of pyridine rings is 1. The zero-order valence-electron chi connectivity index (χ0n) is 12.4. The number of hydrogen-bond acceptors (Lipinski definition) is 3. The zero-order valence-corrected chi connectivity index (χ0v) is 12.4. The molecule has 4 nitrogen and oxygen atoms in total. The van der Waals surface area contributed by atoms with Crippen molar-refractivity contribution in [2.75, 3.05) is 7.05 Å². The molecule has 0 fully saturated rings. The maximum atomic E-state index is 12.1. The summed E-state index contributed by atoms with van der Waals surface area (Å²) in [6, 6.07) is 3.75. The summed E-state index contributed by atoms with van der Waals surface area (Å²) < 4.78 is 0. The maximum absolute atomic E-state index is 12.1. The Morgan fingerprint density at radius 1 is 1.37 bits per heavy atom. The average Bonchev–Trinajstić information content (AvgIpc) is 2.27. The first-order valence-electron chi connectivity index (χ1n) is 6.66.